The summed E-state index contributed by atoms with van der Waals surface area (Å²) in [6.45, 7) is 14.4. The molecule has 0 aliphatic heterocycles. The summed E-state index contributed by atoms with van der Waals surface area (Å²) < 4.78 is 49.9. The van der Waals surface area contributed by atoms with Gasteiger partial charge in [-0.05, 0) is 114 Å². The Morgan fingerprint density at radius 1 is 0.357 bits per heavy atom. The predicted molar refractivity (Wildman–Crippen MR) is 231 cm³/mol. The average Bonchev–Trinajstić information content (AvgIpc) is 3.18. The van der Waals surface area contributed by atoms with E-state index in [0.29, 0.717) is 51.8 Å². The Kier molecular flexibility index (Phi) is 19.7. The number of fused-ring (bicyclic) bond motifs is 6. The molecule has 0 fully saturated rings. The van der Waals surface area contributed by atoms with Crippen molar-refractivity contribution in [3.8, 4) is 34.5 Å². The maximum absolute atomic E-state index is 11.2. The van der Waals surface area contributed by atoms with Gasteiger partial charge in [-0.2, -0.15) is 0 Å². The minimum absolute atomic E-state index is 0.0382. The Labute approximate surface area is 335 Å². The minimum Gasteiger partial charge on any atom is -0.490 e. The van der Waals surface area contributed by atoms with Gasteiger partial charge in [-0.1, -0.05) is 92.4 Å². The van der Waals surface area contributed by atoms with Gasteiger partial charge in [0, 0.05) is 6.16 Å². The molecule has 0 atom stereocenters. The van der Waals surface area contributed by atoms with Crippen molar-refractivity contribution in [1.82, 2.24) is 0 Å². The fourth-order valence-electron chi connectivity index (χ4n) is 6.64. The van der Waals surface area contributed by atoms with Gasteiger partial charge >= 0.3 is 7.60 Å². The monoisotopic (exact) mass is 796 g/mol. The molecule has 10 heteroatoms. The predicted octanol–water partition coefficient (Wildman–Crippen LogP) is 12.9. The number of benzene rings is 4. The molecule has 4 aromatic rings. The van der Waals surface area contributed by atoms with E-state index in [0.717, 1.165) is 157 Å². The molecule has 56 heavy (non-hydrogen) atoms. The first-order valence-electron chi connectivity index (χ1n) is 21.6. The zero-order valence-corrected chi connectivity index (χ0v) is 35.8. The van der Waals surface area contributed by atoms with Crippen LogP contribution >= 0.6 is 7.60 Å². The molecule has 0 heterocycles. The normalized spacial score (nSPS) is 11.8. The molecule has 4 rings (SSSR count). The largest absolute Gasteiger partial charge is 0.490 e. The van der Waals surface area contributed by atoms with Gasteiger partial charge in [0.25, 0.3) is 0 Å². The summed E-state index contributed by atoms with van der Waals surface area (Å²) in [5, 5.41) is 6.27. The van der Waals surface area contributed by atoms with E-state index < -0.39 is 7.60 Å². The summed E-state index contributed by atoms with van der Waals surface area (Å²) in [6.07, 6.45) is 15.1. The molecule has 0 aliphatic carbocycles. The Hall–Kier alpha value is -3.39. The molecule has 0 amide bonds. The van der Waals surface area contributed by atoms with Gasteiger partial charge in [-0.15, -0.1) is 0 Å². The van der Waals surface area contributed by atoms with E-state index in [1.807, 2.05) is 0 Å². The highest BCUT2D eigenvalue weighted by atomic mass is 31.2. The molecule has 0 aromatic heterocycles. The minimum atomic E-state index is -3.92. The molecule has 9 nitrogen and oxygen atoms in total. The molecule has 312 valence electrons. The van der Waals surface area contributed by atoms with Gasteiger partial charge in [0.15, 0.2) is 34.5 Å². The number of ether oxygens (including phenoxy) is 6. The zero-order chi connectivity index (χ0) is 40.2. The van der Waals surface area contributed by atoms with Crippen molar-refractivity contribution >= 4 is 39.9 Å². The van der Waals surface area contributed by atoms with Crippen LogP contribution in [0.4, 0.5) is 0 Å². The molecular weight excluding hydrogens is 727 g/mol. The Bertz CT molecular complexity index is 1770. The van der Waals surface area contributed by atoms with Crippen LogP contribution in [-0.4, -0.2) is 55.6 Å². The van der Waals surface area contributed by atoms with Crippen molar-refractivity contribution in [1.29, 1.82) is 0 Å². The Balaban J connectivity index is 1.85. The van der Waals surface area contributed by atoms with Gasteiger partial charge in [0.05, 0.1) is 39.6 Å². The number of rotatable bonds is 30. The van der Waals surface area contributed by atoms with Crippen LogP contribution in [0.2, 0.25) is 0 Å². The molecule has 0 radical (unpaired) electrons. The maximum atomic E-state index is 11.2. The Morgan fingerprint density at radius 3 is 0.804 bits per heavy atom. The summed E-state index contributed by atoms with van der Waals surface area (Å²) >= 11 is 0. The van der Waals surface area contributed by atoms with Crippen LogP contribution in [0.5, 0.6) is 34.5 Å². The maximum Gasteiger partial charge on any atom is 0.325 e. The second kappa shape index (κ2) is 24.4. The molecular formula is C46H69O9P. The van der Waals surface area contributed by atoms with Crippen molar-refractivity contribution in [2.45, 2.75) is 137 Å². The zero-order valence-electron chi connectivity index (χ0n) is 34.9. The van der Waals surface area contributed by atoms with Gasteiger partial charge < -0.3 is 38.2 Å². The second-order valence-corrected chi connectivity index (χ2v) is 16.7. The molecule has 0 bridgehead atoms. The van der Waals surface area contributed by atoms with Gasteiger partial charge in [-0.25, -0.2) is 0 Å². The number of unbranched alkanes of at least 4 members (excludes halogenated alkanes) is 10. The smallest absolute Gasteiger partial charge is 0.325 e. The SMILES string of the molecule is CCCCOc1cc2c3cc(OCCCC)c(OCCCC)cc3c3cc(OCCCCCCCCP(=O)(O)O)c(OCCCC)cc3c2cc1OCCCC. The number of hydrogen-bond donors (Lipinski definition) is 2. The Morgan fingerprint density at radius 2 is 0.571 bits per heavy atom. The van der Waals surface area contributed by atoms with Crippen molar-refractivity contribution in [2.24, 2.45) is 0 Å². The third kappa shape index (κ3) is 13.9. The highest BCUT2D eigenvalue weighted by molar-refractivity contribution is 7.51. The highest BCUT2D eigenvalue weighted by Gasteiger charge is 2.20. The third-order valence-electron chi connectivity index (χ3n) is 10.0. The molecule has 0 saturated heterocycles. The van der Waals surface area contributed by atoms with Crippen LogP contribution in [0.1, 0.15) is 137 Å². The van der Waals surface area contributed by atoms with E-state index >= 15 is 0 Å². The topological polar surface area (TPSA) is 113 Å². The fourth-order valence-corrected chi connectivity index (χ4v) is 7.27. The summed E-state index contributed by atoms with van der Waals surface area (Å²) in [5.41, 5.74) is 0. The van der Waals surface area contributed by atoms with Crippen LogP contribution in [0, 0.1) is 0 Å². The third-order valence-corrected chi connectivity index (χ3v) is 10.9. The van der Waals surface area contributed by atoms with Crippen molar-refractivity contribution in [3.05, 3.63) is 36.4 Å². The van der Waals surface area contributed by atoms with E-state index in [4.69, 9.17) is 38.2 Å². The standard InChI is InChI=1S/C46H69O9P/c1-6-11-22-50-41-29-35-36-30-42(51-23-12-7-2)44(53-25-14-9-4)32-38(36)40-34-46(55-27-20-18-16-17-19-21-28-56(47,48)49)45(54-26-15-10-5)33-39(40)37(35)31-43(41)52-24-13-8-3/h29-34H,6-28H2,1-5H3,(H2,47,48,49). The first-order chi connectivity index (χ1) is 27.2. The van der Waals surface area contributed by atoms with E-state index in [9.17, 15) is 4.57 Å². The number of hydrogen-bond acceptors (Lipinski definition) is 7. The van der Waals surface area contributed by atoms with Crippen molar-refractivity contribution in [2.75, 3.05) is 45.8 Å². The van der Waals surface area contributed by atoms with E-state index in [1.165, 1.54) is 0 Å². The van der Waals surface area contributed by atoms with E-state index in [-0.39, 0.29) is 6.16 Å². The van der Waals surface area contributed by atoms with Crippen LogP contribution in [-0.2, 0) is 4.57 Å². The van der Waals surface area contributed by atoms with Crippen LogP contribution in [0.25, 0.3) is 32.3 Å². The summed E-state index contributed by atoms with van der Waals surface area (Å²) in [4.78, 5) is 18.3. The van der Waals surface area contributed by atoms with E-state index in [2.05, 4.69) is 71.0 Å². The highest BCUT2D eigenvalue weighted by Crippen LogP contribution is 2.47. The summed E-state index contributed by atoms with van der Waals surface area (Å²) in [6, 6.07) is 12.9. The van der Waals surface area contributed by atoms with Crippen LogP contribution in [0.3, 0.4) is 0 Å². The average molecular weight is 797 g/mol. The first-order valence-corrected chi connectivity index (χ1v) is 23.4. The molecule has 4 aromatic carbocycles. The van der Waals surface area contributed by atoms with Gasteiger partial charge in [-0.3, -0.25) is 4.57 Å². The van der Waals surface area contributed by atoms with Gasteiger partial charge in [0.2, 0.25) is 0 Å². The summed E-state index contributed by atoms with van der Waals surface area (Å²) in [5.74, 6) is 4.43. The lowest BCUT2D eigenvalue weighted by Crippen LogP contribution is -2.04. The lowest BCUT2D eigenvalue weighted by atomic mass is 9.93. The van der Waals surface area contributed by atoms with Crippen molar-refractivity contribution < 1.29 is 42.8 Å². The summed E-state index contributed by atoms with van der Waals surface area (Å²) in [7, 11) is -3.92. The molecule has 0 aliphatic rings. The van der Waals surface area contributed by atoms with Crippen LogP contribution in [0.15, 0.2) is 36.4 Å². The molecule has 0 unspecified atom stereocenters. The van der Waals surface area contributed by atoms with Gasteiger partial charge in [0.1, 0.15) is 0 Å². The fraction of sp³-hybridized carbons (Fsp3) is 0.609. The van der Waals surface area contributed by atoms with Crippen LogP contribution < -0.4 is 28.4 Å². The second-order valence-electron chi connectivity index (χ2n) is 14.9. The molecule has 0 spiro atoms. The van der Waals surface area contributed by atoms with Crippen molar-refractivity contribution in [3.63, 3.8) is 0 Å². The van der Waals surface area contributed by atoms with E-state index in [1.54, 1.807) is 0 Å². The molecule has 2 N–H and O–H groups in total. The first kappa shape index (κ1) is 45.3. The quantitative estimate of drug-likeness (QED) is 0.0302. The molecule has 0 saturated carbocycles. The lowest BCUT2D eigenvalue weighted by molar-refractivity contribution is 0.260. The lowest BCUT2D eigenvalue weighted by Gasteiger charge is -2.20.